The zero-order valence-electron chi connectivity index (χ0n) is 8.65. The van der Waals surface area contributed by atoms with Crippen molar-refractivity contribution < 1.29 is 8.42 Å². The lowest BCUT2D eigenvalue weighted by Crippen LogP contribution is -2.29. The predicted molar refractivity (Wildman–Crippen MR) is 69.2 cm³/mol. The lowest BCUT2D eigenvalue weighted by Gasteiger charge is -2.21. The molecule has 4 nitrogen and oxygen atoms in total. The third-order valence-electron chi connectivity index (χ3n) is 2.70. The van der Waals surface area contributed by atoms with Crippen molar-refractivity contribution in [3.8, 4) is 0 Å². The van der Waals surface area contributed by atoms with E-state index in [0.717, 1.165) is 35.9 Å². The fourth-order valence-corrected chi connectivity index (χ4v) is 4.77. The smallest absolute Gasteiger partial charge is 0.237 e. The Morgan fingerprint density at radius 3 is 2.62 bits per heavy atom. The molecule has 0 atom stereocenters. The molecular weight excluding hydrogens is 312 g/mol. The van der Waals surface area contributed by atoms with E-state index in [1.807, 2.05) is 0 Å². The highest BCUT2D eigenvalue weighted by atomic mass is 79.9. The summed E-state index contributed by atoms with van der Waals surface area (Å²) in [5.41, 5.74) is 0. The standard InChI is InChI=1S/C9H13BrN2O2S2/c10-8-6-11-9(15-8)12-16(13,14)7-4-2-1-3-5-7/h6-7H,1-5H2,(H,11,12). The summed E-state index contributed by atoms with van der Waals surface area (Å²) >= 11 is 4.55. The van der Waals surface area contributed by atoms with E-state index in [2.05, 4.69) is 25.6 Å². The zero-order valence-corrected chi connectivity index (χ0v) is 11.9. The first-order valence-electron chi connectivity index (χ1n) is 5.21. The lowest BCUT2D eigenvalue weighted by atomic mass is 10.0. The maximum Gasteiger partial charge on any atom is 0.237 e. The average Bonchev–Trinajstić information content (AvgIpc) is 2.64. The van der Waals surface area contributed by atoms with Gasteiger partial charge in [0.2, 0.25) is 10.0 Å². The third kappa shape index (κ3) is 2.95. The Hall–Kier alpha value is -0.140. The Labute approximate surface area is 108 Å². The van der Waals surface area contributed by atoms with Crippen LogP contribution in [0.5, 0.6) is 0 Å². The van der Waals surface area contributed by atoms with Crippen LogP contribution in [-0.4, -0.2) is 18.7 Å². The number of hydrogen-bond acceptors (Lipinski definition) is 4. The zero-order chi connectivity index (χ0) is 11.6. The number of aromatic nitrogens is 1. The summed E-state index contributed by atoms with van der Waals surface area (Å²) < 4.78 is 27.4. The number of rotatable bonds is 3. The Balaban J connectivity index is 2.07. The molecule has 0 radical (unpaired) electrons. The first-order chi connectivity index (χ1) is 7.58. The molecule has 1 saturated carbocycles. The van der Waals surface area contributed by atoms with Crippen LogP contribution in [0, 0.1) is 0 Å². The highest BCUT2D eigenvalue weighted by Gasteiger charge is 2.27. The van der Waals surface area contributed by atoms with E-state index >= 15 is 0 Å². The summed E-state index contributed by atoms with van der Waals surface area (Å²) in [4.78, 5) is 3.98. The van der Waals surface area contributed by atoms with Crippen LogP contribution in [0.3, 0.4) is 0 Å². The molecule has 0 amide bonds. The van der Waals surface area contributed by atoms with Gasteiger partial charge in [-0.25, -0.2) is 13.4 Å². The summed E-state index contributed by atoms with van der Waals surface area (Å²) in [5, 5.41) is 0.196. The van der Waals surface area contributed by atoms with Crippen LogP contribution in [0.1, 0.15) is 32.1 Å². The summed E-state index contributed by atoms with van der Waals surface area (Å²) in [6, 6.07) is 0. The molecule has 1 aromatic heterocycles. The lowest BCUT2D eigenvalue weighted by molar-refractivity contribution is 0.486. The largest absolute Gasteiger partial charge is 0.258 e. The van der Waals surface area contributed by atoms with Gasteiger partial charge in [-0.05, 0) is 28.8 Å². The van der Waals surface area contributed by atoms with Crippen LogP contribution in [0.4, 0.5) is 5.13 Å². The second-order valence-electron chi connectivity index (χ2n) is 3.88. The first kappa shape index (κ1) is 12.3. The number of halogens is 1. The van der Waals surface area contributed by atoms with Gasteiger partial charge in [-0.1, -0.05) is 30.6 Å². The molecule has 0 aromatic carbocycles. The van der Waals surface area contributed by atoms with Gasteiger partial charge in [-0.2, -0.15) is 0 Å². The van der Waals surface area contributed by atoms with Crippen molar-refractivity contribution in [1.82, 2.24) is 4.98 Å². The van der Waals surface area contributed by atoms with Crippen molar-refractivity contribution in [2.75, 3.05) is 4.72 Å². The molecule has 0 bridgehead atoms. The second-order valence-corrected chi connectivity index (χ2v) is 8.25. The van der Waals surface area contributed by atoms with Crippen molar-refractivity contribution in [3.05, 3.63) is 9.98 Å². The van der Waals surface area contributed by atoms with Crippen molar-refractivity contribution >= 4 is 42.4 Å². The van der Waals surface area contributed by atoms with E-state index in [4.69, 9.17) is 0 Å². The molecule has 1 aliphatic carbocycles. The van der Waals surface area contributed by atoms with E-state index in [1.165, 1.54) is 11.3 Å². The minimum absolute atomic E-state index is 0.246. The van der Waals surface area contributed by atoms with Crippen LogP contribution in [0.25, 0.3) is 0 Å². The number of anilines is 1. The number of thiazole rings is 1. The van der Waals surface area contributed by atoms with Gasteiger partial charge in [-0.3, -0.25) is 4.72 Å². The number of sulfonamides is 1. The molecule has 0 saturated heterocycles. The Morgan fingerprint density at radius 1 is 1.38 bits per heavy atom. The molecule has 90 valence electrons. The highest BCUT2D eigenvalue weighted by molar-refractivity contribution is 9.11. The second kappa shape index (κ2) is 5.01. The summed E-state index contributed by atoms with van der Waals surface area (Å²) in [6.07, 6.45) is 6.29. The third-order valence-corrected chi connectivity index (χ3v) is 6.05. The van der Waals surface area contributed by atoms with E-state index < -0.39 is 10.0 Å². The maximum absolute atomic E-state index is 12.0. The predicted octanol–water partition coefficient (Wildman–Crippen LogP) is 2.98. The molecular formula is C9H13BrN2O2S2. The molecule has 16 heavy (non-hydrogen) atoms. The van der Waals surface area contributed by atoms with Crippen molar-refractivity contribution in [2.24, 2.45) is 0 Å². The normalized spacial score (nSPS) is 18.6. The molecule has 1 N–H and O–H groups in total. The van der Waals surface area contributed by atoms with Crippen molar-refractivity contribution in [1.29, 1.82) is 0 Å². The van der Waals surface area contributed by atoms with Crippen molar-refractivity contribution in [3.63, 3.8) is 0 Å². The van der Waals surface area contributed by atoms with Gasteiger partial charge >= 0.3 is 0 Å². The number of nitrogens with zero attached hydrogens (tertiary/aromatic N) is 1. The Kier molecular flexibility index (Phi) is 3.86. The van der Waals surface area contributed by atoms with Gasteiger partial charge in [0.1, 0.15) is 0 Å². The number of nitrogens with one attached hydrogen (secondary N) is 1. The fourth-order valence-electron chi connectivity index (χ4n) is 1.88. The van der Waals surface area contributed by atoms with Crippen LogP contribution in [0.15, 0.2) is 9.98 Å². The van der Waals surface area contributed by atoms with Crippen LogP contribution in [0.2, 0.25) is 0 Å². The maximum atomic E-state index is 12.0. The Morgan fingerprint density at radius 2 is 2.06 bits per heavy atom. The van der Waals surface area contributed by atoms with Gasteiger partial charge in [0, 0.05) is 0 Å². The summed E-state index contributed by atoms with van der Waals surface area (Å²) in [7, 11) is -3.25. The van der Waals surface area contributed by atoms with Gasteiger partial charge < -0.3 is 0 Å². The molecule has 7 heteroatoms. The van der Waals surface area contributed by atoms with Crippen LogP contribution >= 0.6 is 27.3 Å². The minimum atomic E-state index is -3.25. The van der Waals surface area contributed by atoms with Gasteiger partial charge in [-0.15, -0.1) is 0 Å². The molecule has 0 aliphatic heterocycles. The highest BCUT2D eigenvalue weighted by Crippen LogP contribution is 2.28. The van der Waals surface area contributed by atoms with Gasteiger partial charge in [0.15, 0.2) is 5.13 Å². The van der Waals surface area contributed by atoms with E-state index in [1.54, 1.807) is 6.20 Å². The van der Waals surface area contributed by atoms with E-state index in [9.17, 15) is 8.42 Å². The molecule has 2 rings (SSSR count). The molecule has 1 fully saturated rings. The summed E-state index contributed by atoms with van der Waals surface area (Å²) in [5.74, 6) is 0. The quantitative estimate of drug-likeness (QED) is 0.929. The fraction of sp³-hybridized carbons (Fsp3) is 0.667. The molecule has 0 spiro atoms. The van der Waals surface area contributed by atoms with Crippen molar-refractivity contribution in [2.45, 2.75) is 37.4 Å². The molecule has 1 aliphatic rings. The first-order valence-corrected chi connectivity index (χ1v) is 8.36. The van der Waals surface area contributed by atoms with Crippen LogP contribution in [-0.2, 0) is 10.0 Å². The minimum Gasteiger partial charge on any atom is -0.258 e. The monoisotopic (exact) mass is 324 g/mol. The SMILES string of the molecule is O=S(=O)(Nc1ncc(Br)s1)C1CCCCC1. The average molecular weight is 325 g/mol. The van der Waals surface area contributed by atoms with Gasteiger partial charge in [0.25, 0.3) is 0 Å². The van der Waals surface area contributed by atoms with Crippen LogP contribution < -0.4 is 4.72 Å². The Bertz CT molecular complexity index is 452. The molecule has 1 aromatic rings. The molecule has 1 heterocycles. The molecule has 0 unspecified atom stereocenters. The number of hydrogen-bond donors (Lipinski definition) is 1. The summed E-state index contributed by atoms with van der Waals surface area (Å²) in [6.45, 7) is 0. The topological polar surface area (TPSA) is 59.1 Å². The van der Waals surface area contributed by atoms with E-state index in [-0.39, 0.29) is 5.25 Å². The van der Waals surface area contributed by atoms with E-state index in [0.29, 0.717) is 5.13 Å². The van der Waals surface area contributed by atoms with Gasteiger partial charge in [0.05, 0.1) is 15.2 Å².